The summed E-state index contributed by atoms with van der Waals surface area (Å²) in [6, 6.07) is 14.3. The molecule has 0 aliphatic rings. The summed E-state index contributed by atoms with van der Waals surface area (Å²) in [6.07, 6.45) is 2.87. The van der Waals surface area contributed by atoms with Gasteiger partial charge in [-0.25, -0.2) is 9.18 Å². The minimum Gasteiger partial charge on any atom is -0.462 e. The predicted octanol–water partition coefficient (Wildman–Crippen LogP) is 4.39. The van der Waals surface area contributed by atoms with E-state index in [1.54, 1.807) is 55.5 Å². The van der Waals surface area contributed by atoms with Gasteiger partial charge in [0.05, 0.1) is 41.0 Å². The average molecular weight is 379 g/mol. The third kappa shape index (κ3) is 4.50. The molecule has 3 aromatic rings. The fourth-order valence-corrected chi connectivity index (χ4v) is 2.52. The number of carbonyl (C=O) groups excluding carboxylic acids is 2. The molecule has 0 atom stereocenters. The monoisotopic (exact) mass is 379 g/mol. The van der Waals surface area contributed by atoms with E-state index in [0.29, 0.717) is 11.4 Å². The Labute approximate surface area is 161 Å². The molecule has 0 bridgehead atoms. The first-order chi connectivity index (χ1) is 13.6. The topological polar surface area (TPSA) is 80.3 Å². The molecule has 2 aromatic carbocycles. The van der Waals surface area contributed by atoms with Crippen LogP contribution in [0.1, 0.15) is 27.6 Å². The van der Waals surface area contributed by atoms with Crippen molar-refractivity contribution in [3.05, 3.63) is 83.9 Å². The molecule has 1 heterocycles. The van der Waals surface area contributed by atoms with E-state index >= 15 is 0 Å². The van der Waals surface area contributed by atoms with E-state index in [0.717, 1.165) is 0 Å². The van der Waals surface area contributed by atoms with E-state index in [4.69, 9.17) is 4.74 Å². The van der Waals surface area contributed by atoms with Gasteiger partial charge in [-0.3, -0.25) is 9.78 Å². The zero-order valence-electron chi connectivity index (χ0n) is 15.1. The number of anilines is 3. The molecule has 142 valence electrons. The van der Waals surface area contributed by atoms with Crippen molar-refractivity contribution in [3.8, 4) is 0 Å². The van der Waals surface area contributed by atoms with Crippen LogP contribution in [-0.4, -0.2) is 23.5 Å². The summed E-state index contributed by atoms with van der Waals surface area (Å²) in [5, 5.41) is 5.57. The number of hydrogen-bond donors (Lipinski definition) is 2. The Balaban J connectivity index is 1.79. The molecule has 1 amide bonds. The fraction of sp³-hybridized carbons (Fsp3) is 0.0952. The first-order valence-electron chi connectivity index (χ1n) is 8.62. The summed E-state index contributed by atoms with van der Waals surface area (Å²) in [5.74, 6) is -1.39. The standard InChI is InChI=1S/C21H18FN3O3/c1-2-28-21(27)16-7-3-5-9-18(16)25-20(26)14-11-15(13-23-12-14)24-19-10-6-4-8-17(19)22/h3-13,24H,2H2,1H3,(H,25,26). The second kappa shape index (κ2) is 8.77. The highest BCUT2D eigenvalue weighted by Gasteiger charge is 2.15. The van der Waals surface area contributed by atoms with Gasteiger partial charge in [0.1, 0.15) is 5.82 Å². The van der Waals surface area contributed by atoms with Crippen LogP contribution in [0.3, 0.4) is 0 Å². The lowest BCUT2D eigenvalue weighted by atomic mass is 10.1. The van der Waals surface area contributed by atoms with Crippen LogP contribution in [-0.2, 0) is 4.74 Å². The summed E-state index contributed by atoms with van der Waals surface area (Å²) >= 11 is 0. The van der Waals surface area contributed by atoms with Gasteiger partial charge >= 0.3 is 5.97 Å². The molecular formula is C21H18FN3O3. The number of carbonyl (C=O) groups is 2. The molecule has 0 fully saturated rings. The number of pyridine rings is 1. The lowest BCUT2D eigenvalue weighted by molar-refractivity contribution is 0.0527. The van der Waals surface area contributed by atoms with Gasteiger partial charge in [0.25, 0.3) is 5.91 Å². The lowest BCUT2D eigenvalue weighted by Gasteiger charge is -2.11. The zero-order chi connectivity index (χ0) is 19.9. The number of benzene rings is 2. The van der Waals surface area contributed by atoms with Crippen LogP contribution >= 0.6 is 0 Å². The van der Waals surface area contributed by atoms with Crippen LogP contribution in [0.5, 0.6) is 0 Å². The van der Waals surface area contributed by atoms with Crippen molar-refractivity contribution in [2.45, 2.75) is 6.92 Å². The number of amides is 1. The van der Waals surface area contributed by atoms with Gasteiger partial charge in [0, 0.05) is 6.20 Å². The first-order valence-corrected chi connectivity index (χ1v) is 8.62. The van der Waals surface area contributed by atoms with Gasteiger partial charge < -0.3 is 15.4 Å². The number of ether oxygens (including phenoxy) is 1. The Hall–Kier alpha value is -3.74. The van der Waals surface area contributed by atoms with Gasteiger partial charge in [0.15, 0.2) is 0 Å². The largest absolute Gasteiger partial charge is 0.462 e. The summed E-state index contributed by atoms with van der Waals surface area (Å²) < 4.78 is 18.8. The maximum Gasteiger partial charge on any atom is 0.340 e. The van der Waals surface area contributed by atoms with Gasteiger partial charge in [0.2, 0.25) is 0 Å². The van der Waals surface area contributed by atoms with E-state index in [9.17, 15) is 14.0 Å². The molecule has 0 unspecified atom stereocenters. The maximum atomic E-state index is 13.8. The minimum atomic E-state index is -0.522. The smallest absolute Gasteiger partial charge is 0.340 e. The summed E-state index contributed by atoms with van der Waals surface area (Å²) in [5.41, 5.74) is 1.57. The normalized spacial score (nSPS) is 10.2. The second-order valence-electron chi connectivity index (χ2n) is 5.79. The number of nitrogens with one attached hydrogen (secondary N) is 2. The SMILES string of the molecule is CCOC(=O)c1ccccc1NC(=O)c1cncc(Nc2ccccc2F)c1. The highest BCUT2D eigenvalue weighted by atomic mass is 19.1. The highest BCUT2D eigenvalue weighted by molar-refractivity contribution is 6.08. The number of nitrogens with zero attached hydrogens (tertiary/aromatic N) is 1. The number of hydrogen-bond acceptors (Lipinski definition) is 5. The van der Waals surface area contributed by atoms with E-state index in [1.807, 2.05) is 0 Å². The Morgan fingerprint density at radius 1 is 1.04 bits per heavy atom. The van der Waals surface area contributed by atoms with Crippen LogP contribution < -0.4 is 10.6 Å². The van der Waals surface area contributed by atoms with Crippen molar-refractivity contribution in [2.24, 2.45) is 0 Å². The molecule has 3 rings (SSSR count). The third-order valence-electron chi connectivity index (χ3n) is 3.82. The van der Waals surface area contributed by atoms with Crippen LogP contribution in [0.15, 0.2) is 67.0 Å². The molecule has 1 aromatic heterocycles. The molecule has 2 N–H and O–H groups in total. The average Bonchev–Trinajstić information content (AvgIpc) is 2.70. The molecule has 28 heavy (non-hydrogen) atoms. The lowest BCUT2D eigenvalue weighted by Crippen LogP contribution is -2.16. The molecule has 0 aliphatic carbocycles. The van der Waals surface area contributed by atoms with Gasteiger partial charge in [-0.05, 0) is 37.3 Å². The fourth-order valence-electron chi connectivity index (χ4n) is 2.52. The minimum absolute atomic E-state index is 0.231. The van der Waals surface area contributed by atoms with Crippen molar-refractivity contribution in [1.29, 1.82) is 0 Å². The Kier molecular flexibility index (Phi) is 5.96. The predicted molar refractivity (Wildman–Crippen MR) is 104 cm³/mol. The molecule has 0 aliphatic heterocycles. The van der Waals surface area contributed by atoms with Gasteiger partial charge in [-0.15, -0.1) is 0 Å². The summed E-state index contributed by atoms with van der Waals surface area (Å²) in [6.45, 7) is 1.94. The molecular weight excluding hydrogens is 361 g/mol. The van der Waals surface area contributed by atoms with Crippen LogP contribution in [0.2, 0.25) is 0 Å². The Bertz CT molecular complexity index is 1010. The molecule has 0 saturated carbocycles. The maximum absolute atomic E-state index is 13.8. The molecule has 7 heteroatoms. The zero-order valence-corrected chi connectivity index (χ0v) is 15.1. The quantitative estimate of drug-likeness (QED) is 0.621. The number of rotatable bonds is 6. The molecule has 0 spiro atoms. The van der Waals surface area contributed by atoms with Crippen molar-refractivity contribution in [2.75, 3.05) is 17.2 Å². The van der Waals surface area contributed by atoms with Crippen molar-refractivity contribution >= 4 is 28.9 Å². The molecule has 0 saturated heterocycles. The number of esters is 1. The number of aromatic nitrogens is 1. The third-order valence-corrected chi connectivity index (χ3v) is 3.82. The summed E-state index contributed by atoms with van der Waals surface area (Å²) in [7, 11) is 0. The molecule has 6 nitrogen and oxygen atoms in total. The van der Waals surface area contributed by atoms with Crippen LogP contribution in [0.25, 0.3) is 0 Å². The van der Waals surface area contributed by atoms with E-state index in [2.05, 4.69) is 15.6 Å². The van der Waals surface area contributed by atoms with E-state index in [-0.39, 0.29) is 23.4 Å². The van der Waals surface area contributed by atoms with Crippen LogP contribution in [0, 0.1) is 5.82 Å². The van der Waals surface area contributed by atoms with Crippen molar-refractivity contribution in [3.63, 3.8) is 0 Å². The Morgan fingerprint density at radius 3 is 2.50 bits per heavy atom. The highest BCUT2D eigenvalue weighted by Crippen LogP contribution is 2.21. The van der Waals surface area contributed by atoms with Crippen molar-refractivity contribution in [1.82, 2.24) is 4.98 Å². The Morgan fingerprint density at radius 2 is 1.75 bits per heavy atom. The van der Waals surface area contributed by atoms with Crippen LogP contribution in [0.4, 0.5) is 21.5 Å². The van der Waals surface area contributed by atoms with Gasteiger partial charge in [-0.1, -0.05) is 24.3 Å². The van der Waals surface area contributed by atoms with E-state index < -0.39 is 17.7 Å². The van der Waals surface area contributed by atoms with E-state index in [1.165, 1.54) is 18.5 Å². The second-order valence-corrected chi connectivity index (χ2v) is 5.79. The van der Waals surface area contributed by atoms with Crippen molar-refractivity contribution < 1.29 is 18.7 Å². The summed E-state index contributed by atoms with van der Waals surface area (Å²) in [4.78, 5) is 28.7. The molecule has 0 radical (unpaired) electrons. The number of para-hydroxylation sites is 2. The van der Waals surface area contributed by atoms with Gasteiger partial charge in [-0.2, -0.15) is 0 Å². The number of halogens is 1. The first kappa shape index (κ1) is 19.0.